The van der Waals surface area contributed by atoms with Crippen LogP contribution in [0.15, 0.2) is 54.2 Å². The standard InChI is InChI=1S/C18H19N3O2S/c1-11-5-3-8-15(9-11)20-21-16(12(2)19-18(21)24)13-6-4-7-14(10-13)17(22)23/h3-10,18-20,24H,1-2H3,(H,22,23). The zero-order chi connectivity index (χ0) is 17.3. The molecule has 3 N–H and O–H groups in total. The van der Waals surface area contributed by atoms with Gasteiger partial charge in [0.05, 0.1) is 16.9 Å². The van der Waals surface area contributed by atoms with Crippen molar-refractivity contribution >= 4 is 30.0 Å². The lowest BCUT2D eigenvalue weighted by Gasteiger charge is -2.28. The monoisotopic (exact) mass is 341 g/mol. The van der Waals surface area contributed by atoms with Crippen LogP contribution in [0.4, 0.5) is 5.69 Å². The van der Waals surface area contributed by atoms with E-state index in [2.05, 4.69) is 23.4 Å². The Kier molecular flexibility index (Phi) is 4.40. The molecule has 1 heterocycles. The summed E-state index contributed by atoms with van der Waals surface area (Å²) in [6.07, 6.45) is 0. The molecule has 24 heavy (non-hydrogen) atoms. The number of benzene rings is 2. The van der Waals surface area contributed by atoms with Gasteiger partial charge in [-0.25, -0.2) is 4.79 Å². The van der Waals surface area contributed by atoms with E-state index in [4.69, 9.17) is 0 Å². The van der Waals surface area contributed by atoms with Crippen molar-refractivity contribution in [3.05, 3.63) is 70.9 Å². The molecule has 0 radical (unpaired) electrons. The summed E-state index contributed by atoms with van der Waals surface area (Å²) in [6, 6.07) is 14.9. The lowest BCUT2D eigenvalue weighted by Crippen LogP contribution is -2.36. The average molecular weight is 341 g/mol. The van der Waals surface area contributed by atoms with Crippen LogP contribution < -0.4 is 10.7 Å². The van der Waals surface area contributed by atoms with Gasteiger partial charge in [0.2, 0.25) is 0 Å². The second-order valence-corrected chi connectivity index (χ2v) is 6.22. The Labute approximate surface area is 146 Å². The van der Waals surface area contributed by atoms with Crippen molar-refractivity contribution in [3.63, 3.8) is 0 Å². The lowest BCUT2D eigenvalue weighted by molar-refractivity contribution is 0.0697. The predicted molar refractivity (Wildman–Crippen MR) is 98.5 cm³/mol. The third-order valence-electron chi connectivity index (χ3n) is 3.84. The van der Waals surface area contributed by atoms with Gasteiger partial charge in [-0.3, -0.25) is 10.4 Å². The van der Waals surface area contributed by atoms with Gasteiger partial charge in [-0.2, -0.15) is 0 Å². The Morgan fingerprint density at radius 2 is 1.96 bits per heavy atom. The van der Waals surface area contributed by atoms with E-state index >= 15 is 0 Å². The number of aryl methyl sites for hydroxylation is 1. The number of carboxylic acid groups (broad SMARTS) is 1. The van der Waals surface area contributed by atoms with Crippen LogP contribution >= 0.6 is 12.6 Å². The molecule has 0 amide bonds. The van der Waals surface area contributed by atoms with Crippen molar-refractivity contribution in [3.8, 4) is 0 Å². The molecule has 1 aliphatic heterocycles. The number of hydrogen-bond acceptors (Lipinski definition) is 5. The maximum Gasteiger partial charge on any atom is 0.335 e. The minimum absolute atomic E-state index is 0.255. The molecule has 1 unspecified atom stereocenters. The van der Waals surface area contributed by atoms with Gasteiger partial charge >= 0.3 is 5.97 Å². The molecule has 0 aliphatic carbocycles. The smallest absolute Gasteiger partial charge is 0.335 e. The van der Waals surface area contributed by atoms with Crippen molar-refractivity contribution in [2.75, 3.05) is 5.43 Å². The maximum absolute atomic E-state index is 11.2. The largest absolute Gasteiger partial charge is 0.478 e. The quantitative estimate of drug-likeness (QED) is 0.641. The van der Waals surface area contributed by atoms with E-state index in [1.54, 1.807) is 18.2 Å². The summed E-state index contributed by atoms with van der Waals surface area (Å²) in [5.74, 6) is -0.943. The third-order valence-corrected chi connectivity index (χ3v) is 4.20. The summed E-state index contributed by atoms with van der Waals surface area (Å²) in [5, 5.41) is 14.4. The number of nitrogens with one attached hydrogen (secondary N) is 2. The number of hydrogen-bond donors (Lipinski definition) is 4. The molecule has 0 saturated heterocycles. The van der Waals surface area contributed by atoms with Crippen LogP contribution in [-0.2, 0) is 0 Å². The number of anilines is 1. The molecule has 0 spiro atoms. The van der Waals surface area contributed by atoms with Crippen LogP contribution in [0.25, 0.3) is 5.70 Å². The van der Waals surface area contributed by atoms with Crippen LogP contribution in [0.5, 0.6) is 0 Å². The minimum Gasteiger partial charge on any atom is -0.478 e. The van der Waals surface area contributed by atoms with E-state index in [9.17, 15) is 9.90 Å². The van der Waals surface area contributed by atoms with Crippen LogP contribution in [-0.4, -0.2) is 21.6 Å². The summed E-state index contributed by atoms with van der Waals surface area (Å²) >= 11 is 4.57. The van der Waals surface area contributed by atoms with Gasteiger partial charge in [0.1, 0.15) is 0 Å². The van der Waals surface area contributed by atoms with Gasteiger partial charge in [0.25, 0.3) is 0 Å². The molecule has 0 aromatic heterocycles. The summed E-state index contributed by atoms with van der Waals surface area (Å²) < 4.78 is 0. The highest BCUT2D eigenvalue weighted by atomic mass is 32.1. The highest BCUT2D eigenvalue weighted by Crippen LogP contribution is 2.31. The summed E-state index contributed by atoms with van der Waals surface area (Å²) in [6.45, 7) is 3.98. The normalized spacial score (nSPS) is 17.0. The molecule has 2 aromatic rings. The molecular formula is C18H19N3O2S. The molecule has 3 rings (SSSR count). The average Bonchev–Trinajstić information content (AvgIpc) is 2.81. The Morgan fingerprint density at radius 1 is 1.21 bits per heavy atom. The highest BCUT2D eigenvalue weighted by Gasteiger charge is 2.28. The van der Waals surface area contributed by atoms with Crippen LogP contribution in [0.1, 0.15) is 28.4 Å². The number of allylic oxidation sites excluding steroid dienone is 1. The maximum atomic E-state index is 11.2. The van der Waals surface area contributed by atoms with Crippen molar-refractivity contribution in [1.82, 2.24) is 10.3 Å². The zero-order valence-electron chi connectivity index (χ0n) is 13.4. The number of carbonyl (C=O) groups is 1. The van der Waals surface area contributed by atoms with Gasteiger partial charge in [0.15, 0.2) is 5.50 Å². The number of nitrogens with zero attached hydrogens (tertiary/aromatic N) is 1. The van der Waals surface area contributed by atoms with Crippen molar-refractivity contribution < 1.29 is 9.90 Å². The van der Waals surface area contributed by atoms with Crippen LogP contribution in [0.2, 0.25) is 0 Å². The molecule has 6 heteroatoms. The number of carboxylic acids is 1. The molecule has 0 saturated carbocycles. The SMILES string of the molecule is CC1=C(c2cccc(C(=O)O)c2)N(Nc2cccc(C)c2)C(S)N1. The topological polar surface area (TPSA) is 64.6 Å². The number of aromatic carboxylic acids is 1. The van der Waals surface area contributed by atoms with E-state index in [-0.39, 0.29) is 11.1 Å². The summed E-state index contributed by atoms with van der Waals surface area (Å²) in [5.41, 5.74) is 8.06. The number of thiol groups is 1. The van der Waals surface area contributed by atoms with Gasteiger partial charge in [0, 0.05) is 11.3 Å². The first-order valence-corrected chi connectivity index (χ1v) is 8.09. The fourth-order valence-electron chi connectivity index (χ4n) is 2.76. The van der Waals surface area contributed by atoms with Gasteiger partial charge in [-0.1, -0.05) is 24.3 Å². The first-order valence-electron chi connectivity index (χ1n) is 7.57. The molecule has 0 fully saturated rings. The van der Waals surface area contributed by atoms with Crippen molar-refractivity contribution in [2.45, 2.75) is 19.3 Å². The van der Waals surface area contributed by atoms with Crippen molar-refractivity contribution in [1.29, 1.82) is 0 Å². The zero-order valence-corrected chi connectivity index (χ0v) is 14.3. The van der Waals surface area contributed by atoms with E-state index in [1.807, 2.05) is 49.2 Å². The van der Waals surface area contributed by atoms with Crippen LogP contribution in [0, 0.1) is 6.92 Å². The highest BCUT2D eigenvalue weighted by molar-refractivity contribution is 7.80. The Bertz CT molecular complexity index is 819. The number of rotatable bonds is 4. The Morgan fingerprint density at radius 3 is 2.67 bits per heavy atom. The molecule has 5 nitrogen and oxygen atoms in total. The van der Waals surface area contributed by atoms with Gasteiger partial charge in [-0.05, 0) is 43.7 Å². The molecule has 1 atom stereocenters. The first kappa shape index (κ1) is 16.3. The predicted octanol–water partition coefficient (Wildman–Crippen LogP) is 3.53. The molecule has 0 bridgehead atoms. The first-order chi connectivity index (χ1) is 11.5. The fourth-order valence-corrected chi connectivity index (χ4v) is 3.12. The fraction of sp³-hybridized carbons (Fsp3) is 0.167. The summed E-state index contributed by atoms with van der Waals surface area (Å²) in [4.78, 5) is 11.2. The van der Waals surface area contributed by atoms with E-state index in [1.165, 1.54) is 0 Å². The number of hydrazine groups is 1. The van der Waals surface area contributed by atoms with E-state index in [0.717, 1.165) is 28.2 Å². The van der Waals surface area contributed by atoms with Gasteiger partial charge in [-0.15, -0.1) is 12.6 Å². The third kappa shape index (κ3) is 3.19. The second kappa shape index (κ2) is 6.49. The van der Waals surface area contributed by atoms with Crippen molar-refractivity contribution in [2.24, 2.45) is 0 Å². The molecule has 124 valence electrons. The Balaban J connectivity index is 1.96. The second-order valence-electron chi connectivity index (χ2n) is 5.73. The molecule has 1 aliphatic rings. The minimum atomic E-state index is -0.943. The Hall–Kier alpha value is -2.60. The van der Waals surface area contributed by atoms with E-state index < -0.39 is 5.97 Å². The lowest BCUT2D eigenvalue weighted by atomic mass is 10.1. The summed E-state index contributed by atoms with van der Waals surface area (Å²) in [7, 11) is 0. The van der Waals surface area contributed by atoms with E-state index in [0.29, 0.717) is 0 Å². The molecular weight excluding hydrogens is 322 g/mol. The van der Waals surface area contributed by atoms with Gasteiger partial charge < -0.3 is 10.4 Å². The van der Waals surface area contributed by atoms with Crippen LogP contribution in [0.3, 0.4) is 0 Å². The molecule has 2 aromatic carbocycles.